The molecule has 0 amide bonds. The van der Waals surface area contributed by atoms with Gasteiger partial charge >= 0.3 is 11.9 Å². The Hall–Kier alpha value is -4.70. The number of unbranched alkanes of at least 4 members (excludes halogenated alkanes) is 1. The van der Waals surface area contributed by atoms with E-state index in [1.54, 1.807) is 37.4 Å². The van der Waals surface area contributed by atoms with Crippen molar-refractivity contribution in [3.63, 3.8) is 0 Å². The Morgan fingerprint density at radius 3 is 2.31 bits per heavy atom. The second-order valence-electron chi connectivity index (χ2n) is 8.26. The van der Waals surface area contributed by atoms with Gasteiger partial charge in [-0.1, -0.05) is 49.7 Å². The van der Waals surface area contributed by atoms with Gasteiger partial charge in [-0.05, 0) is 66.1 Å². The van der Waals surface area contributed by atoms with Gasteiger partial charge in [-0.2, -0.15) is 5.26 Å². The van der Waals surface area contributed by atoms with Crippen LogP contribution in [0.1, 0.15) is 57.2 Å². The summed E-state index contributed by atoms with van der Waals surface area (Å²) in [4.78, 5) is 36.7. The molecule has 0 saturated heterocycles. The van der Waals surface area contributed by atoms with E-state index in [9.17, 15) is 14.4 Å². The van der Waals surface area contributed by atoms with E-state index in [1.807, 2.05) is 37.3 Å². The predicted molar refractivity (Wildman–Crippen MR) is 138 cm³/mol. The molecule has 36 heavy (non-hydrogen) atoms. The van der Waals surface area contributed by atoms with E-state index >= 15 is 0 Å². The van der Waals surface area contributed by atoms with Crippen molar-refractivity contribution in [2.45, 2.75) is 33.1 Å². The Labute approximate surface area is 208 Å². The summed E-state index contributed by atoms with van der Waals surface area (Å²) < 4.78 is 0. The van der Waals surface area contributed by atoms with Crippen LogP contribution in [0.15, 0.2) is 71.7 Å². The van der Waals surface area contributed by atoms with Crippen molar-refractivity contribution >= 4 is 22.7 Å². The summed E-state index contributed by atoms with van der Waals surface area (Å²) in [6.45, 7) is 3.57. The van der Waals surface area contributed by atoms with Gasteiger partial charge < -0.3 is 15.2 Å². The smallest absolute Gasteiger partial charge is 0.336 e. The van der Waals surface area contributed by atoms with Crippen molar-refractivity contribution in [3.8, 4) is 17.2 Å². The molecular formula is C29H26N2O5. The number of aromatic nitrogens is 1. The molecule has 7 nitrogen and oxygen atoms in total. The highest BCUT2D eigenvalue weighted by Crippen LogP contribution is 2.26. The number of fused-ring (bicyclic) bond motifs is 1. The highest BCUT2D eigenvalue weighted by Gasteiger charge is 2.18. The standard InChI is InChI=1S/C16H10N2O.C13H16O4/c17-9-11-6-7-13-14(8-11)15(10-18-16(13)19)12-4-2-1-3-5-12;1-3-4-5-9-6-7-10(12(14)15)8(2)11(9)13(16)17/h1-8,10H,(H,18,19);6-7H,3-5H2,1-2H3,(H,14,15)(H,16,17). The highest BCUT2D eigenvalue weighted by molar-refractivity contribution is 5.98. The molecule has 1 aromatic heterocycles. The molecule has 4 aromatic rings. The Bertz CT molecular complexity index is 1510. The number of rotatable bonds is 6. The molecule has 0 aliphatic heterocycles. The molecule has 3 aromatic carbocycles. The number of benzene rings is 3. The average Bonchev–Trinajstić information content (AvgIpc) is 2.87. The van der Waals surface area contributed by atoms with Gasteiger partial charge in [-0.15, -0.1) is 0 Å². The maximum atomic E-state index is 11.8. The molecule has 0 aliphatic rings. The number of hydrogen-bond acceptors (Lipinski definition) is 4. The van der Waals surface area contributed by atoms with Gasteiger partial charge in [0.1, 0.15) is 0 Å². The van der Waals surface area contributed by atoms with Gasteiger partial charge in [0, 0.05) is 17.1 Å². The Morgan fingerprint density at radius 2 is 1.69 bits per heavy atom. The molecule has 4 rings (SSSR count). The number of carboxylic acid groups (broad SMARTS) is 2. The lowest BCUT2D eigenvalue weighted by Gasteiger charge is -2.11. The lowest BCUT2D eigenvalue weighted by atomic mass is 9.94. The SMILES string of the molecule is CCCCc1ccc(C(=O)O)c(C)c1C(=O)O.N#Cc1ccc2c(=O)[nH]cc(-c3ccccc3)c2c1. The molecule has 3 N–H and O–H groups in total. The van der Waals surface area contributed by atoms with Crippen molar-refractivity contribution in [2.75, 3.05) is 0 Å². The van der Waals surface area contributed by atoms with Crippen LogP contribution in [0.5, 0.6) is 0 Å². The number of aryl methyl sites for hydroxylation is 1. The molecule has 0 bridgehead atoms. The highest BCUT2D eigenvalue weighted by atomic mass is 16.4. The van der Waals surface area contributed by atoms with Gasteiger partial charge in [-0.3, -0.25) is 4.79 Å². The van der Waals surface area contributed by atoms with Gasteiger partial charge in [-0.25, -0.2) is 9.59 Å². The fourth-order valence-corrected chi connectivity index (χ4v) is 4.06. The molecule has 0 aliphatic carbocycles. The van der Waals surface area contributed by atoms with E-state index in [2.05, 4.69) is 11.1 Å². The third kappa shape index (κ3) is 5.68. The number of H-pyrrole nitrogens is 1. The van der Waals surface area contributed by atoms with Crippen molar-refractivity contribution in [3.05, 3.63) is 105 Å². The summed E-state index contributed by atoms with van der Waals surface area (Å²) in [6, 6.07) is 20.1. The fourth-order valence-electron chi connectivity index (χ4n) is 4.06. The molecular weight excluding hydrogens is 456 g/mol. The zero-order chi connectivity index (χ0) is 26.2. The van der Waals surface area contributed by atoms with E-state index < -0.39 is 11.9 Å². The Morgan fingerprint density at radius 1 is 0.972 bits per heavy atom. The minimum absolute atomic E-state index is 0.0580. The third-order valence-electron chi connectivity index (χ3n) is 5.91. The minimum atomic E-state index is -1.09. The number of nitrogens with zero attached hydrogens (tertiary/aromatic N) is 1. The van der Waals surface area contributed by atoms with Crippen LogP contribution in [-0.4, -0.2) is 27.1 Å². The number of aromatic carboxylic acids is 2. The third-order valence-corrected chi connectivity index (χ3v) is 5.91. The van der Waals surface area contributed by atoms with Crippen LogP contribution in [0, 0.1) is 18.3 Å². The van der Waals surface area contributed by atoms with Crippen LogP contribution >= 0.6 is 0 Å². The van der Waals surface area contributed by atoms with Crippen LogP contribution in [0.2, 0.25) is 0 Å². The molecule has 1 heterocycles. The summed E-state index contributed by atoms with van der Waals surface area (Å²) in [5.41, 5.74) is 3.59. The number of nitriles is 1. The zero-order valence-corrected chi connectivity index (χ0v) is 20.0. The zero-order valence-electron chi connectivity index (χ0n) is 20.0. The van der Waals surface area contributed by atoms with E-state index in [1.165, 1.54) is 6.07 Å². The second-order valence-corrected chi connectivity index (χ2v) is 8.26. The van der Waals surface area contributed by atoms with E-state index in [0.717, 1.165) is 29.4 Å². The molecule has 0 fully saturated rings. The van der Waals surface area contributed by atoms with Crippen molar-refractivity contribution in [2.24, 2.45) is 0 Å². The first-order chi connectivity index (χ1) is 17.3. The minimum Gasteiger partial charge on any atom is -0.478 e. The number of hydrogen-bond donors (Lipinski definition) is 3. The number of nitrogens with one attached hydrogen (secondary N) is 1. The lowest BCUT2D eigenvalue weighted by Crippen LogP contribution is -2.10. The fraction of sp³-hybridized carbons (Fsp3) is 0.172. The molecule has 0 unspecified atom stereocenters. The summed E-state index contributed by atoms with van der Waals surface area (Å²) in [5.74, 6) is -2.15. The monoisotopic (exact) mass is 482 g/mol. The largest absolute Gasteiger partial charge is 0.478 e. The van der Waals surface area contributed by atoms with Crippen LogP contribution in [-0.2, 0) is 6.42 Å². The quantitative estimate of drug-likeness (QED) is 0.318. The van der Waals surface area contributed by atoms with E-state index in [4.69, 9.17) is 15.5 Å². The summed E-state index contributed by atoms with van der Waals surface area (Å²) >= 11 is 0. The maximum Gasteiger partial charge on any atom is 0.336 e. The number of pyridine rings is 1. The topological polar surface area (TPSA) is 131 Å². The normalized spacial score (nSPS) is 10.2. The van der Waals surface area contributed by atoms with E-state index in [0.29, 0.717) is 28.5 Å². The van der Waals surface area contributed by atoms with Crippen molar-refractivity contribution in [1.29, 1.82) is 5.26 Å². The summed E-state index contributed by atoms with van der Waals surface area (Å²) in [7, 11) is 0. The molecule has 0 atom stereocenters. The van der Waals surface area contributed by atoms with E-state index in [-0.39, 0.29) is 16.7 Å². The number of carboxylic acids is 2. The molecule has 0 saturated carbocycles. The Balaban J connectivity index is 0.000000202. The first-order valence-electron chi connectivity index (χ1n) is 11.5. The molecule has 0 spiro atoms. The summed E-state index contributed by atoms with van der Waals surface area (Å²) in [6.07, 6.45) is 4.23. The van der Waals surface area contributed by atoms with Crippen LogP contribution < -0.4 is 5.56 Å². The van der Waals surface area contributed by atoms with Gasteiger partial charge in [0.2, 0.25) is 0 Å². The molecule has 7 heteroatoms. The van der Waals surface area contributed by atoms with Crippen LogP contribution in [0.4, 0.5) is 0 Å². The number of aromatic amines is 1. The summed E-state index contributed by atoms with van der Waals surface area (Å²) in [5, 5.41) is 28.5. The number of carbonyl (C=O) groups is 2. The lowest BCUT2D eigenvalue weighted by molar-refractivity contribution is 0.0695. The van der Waals surface area contributed by atoms with Crippen LogP contribution in [0.3, 0.4) is 0 Å². The van der Waals surface area contributed by atoms with Crippen molar-refractivity contribution < 1.29 is 19.8 Å². The first kappa shape index (κ1) is 25.9. The Kier molecular flexibility index (Phi) is 8.37. The average molecular weight is 483 g/mol. The maximum absolute atomic E-state index is 11.8. The van der Waals surface area contributed by atoms with Crippen molar-refractivity contribution in [1.82, 2.24) is 4.98 Å². The molecule has 0 radical (unpaired) electrons. The predicted octanol–water partition coefficient (Wildman–Crippen LogP) is 5.80. The van der Waals surface area contributed by atoms with Gasteiger partial charge in [0.25, 0.3) is 5.56 Å². The van der Waals surface area contributed by atoms with Gasteiger partial charge in [0.05, 0.1) is 22.8 Å². The molecule has 182 valence electrons. The van der Waals surface area contributed by atoms with Crippen LogP contribution in [0.25, 0.3) is 21.9 Å². The van der Waals surface area contributed by atoms with Gasteiger partial charge in [0.15, 0.2) is 0 Å². The second kappa shape index (κ2) is 11.6. The first-order valence-corrected chi connectivity index (χ1v) is 11.5.